The number of aromatic amines is 4. The van der Waals surface area contributed by atoms with Gasteiger partial charge in [0.15, 0.2) is 15.1 Å². The lowest BCUT2D eigenvalue weighted by Crippen LogP contribution is -2.08. The number of ether oxygens (including phenoxy) is 2. The van der Waals surface area contributed by atoms with Gasteiger partial charge in [-0.3, -0.25) is 44.3 Å². The van der Waals surface area contributed by atoms with Crippen LogP contribution >= 0.6 is 92.7 Å². The van der Waals surface area contributed by atoms with Crippen molar-refractivity contribution < 1.29 is 29.3 Å². The lowest BCUT2D eigenvalue weighted by molar-refractivity contribution is 0.0515. The molecule has 0 amide bonds. The number of alkyl halides is 1. The van der Waals surface area contributed by atoms with Gasteiger partial charge in [0.1, 0.15) is 5.15 Å². The van der Waals surface area contributed by atoms with E-state index in [1.54, 1.807) is 69.8 Å². The Balaban J connectivity index is 0.00000108. The fourth-order valence-corrected chi connectivity index (χ4v) is 10.5. The van der Waals surface area contributed by atoms with E-state index in [1.165, 1.54) is 70.3 Å². The number of hydrogen-bond acceptors (Lipinski definition) is 20. The van der Waals surface area contributed by atoms with E-state index in [4.69, 9.17) is 31.3 Å². The molecule has 9 rings (SSSR count). The summed E-state index contributed by atoms with van der Waals surface area (Å²) in [6.07, 6.45) is 14.9. The number of pyridine rings is 6. The van der Waals surface area contributed by atoms with Gasteiger partial charge in [0.25, 0.3) is 16.7 Å². The van der Waals surface area contributed by atoms with Crippen LogP contribution in [-0.4, -0.2) is 102 Å². The Kier molecular flexibility index (Phi) is 47.3. The number of thioether (sulfide) groups is 2. The molecule has 6 N–H and O–H groups in total. The van der Waals surface area contributed by atoms with E-state index in [0.29, 0.717) is 39.4 Å². The number of esters is 2. The van der Waals surface area contributed by atoms with Gasteiger partial charge < -0.3 is 34.6 Å². The number of halogens is 4. The number of aryl methyl sites for hydroxylation is 8. The highest BCUT2D eigenvalue weighted by atomic mass is 79.9. The fraction of sp³-hybridized carbons (Fsp3) is 0.333. The Morgan fingerprint density at radius 3 is 1.22 bits per heavy atom. The lowest BCUT2D eigenvalue weighted by atomic mass is 10.1. The van der Waals surface area contributed by atoms with Gasteiger partial charge >= 0.3 is 11.9 Å². The number of nitrogens with zero attached hydrogens (tertiary/aromatic N) is 8. The Hall–Kier alpha value is -7.14. The number of aliphatic hydroxyl groups is 2. The van der Waals surface area contributed by atoms with Crippen LogP contribution in [-0.2, 0) is 65.0 Å². The van der Waals surface area contributed by atoms with Crippen molar-refractivity contribution in [3.63, 3.8) is 0 Å². The third kappa shape index (κ3) is 33.8. The molecule has 0 bridgehead atoms. The van der Waals surface area contributed by atoms with Crippen molar-refractivity contribution in [2.24, 2.45) is 0 Å². The van der Waals surface area contributed by atoms with E-state index >= 15 is 0 Å². The highest BCUT2D eigenvalue weighted by molar-refractivity contribution is 9.08. The Labute approximate surface area is 592 Å². The monoisotopic (exact) mass is 1510 g/mol. The highest BCUT2D eigenvalue weighted by Crippen LogP contribution is 2.22. The van der Waals surface area contributed by atoms with Crippen LogP contribution in [0, 0.1) is 25.5 Å². The van der Waals surface area contributed by atoms with E-state index in [-0.39, 0.29) is 63.8 Å². The predicted molar refractivity (Wildman–Crippen MR) is 389 cm³/mol. The highest BCUT2D eigenvalue weighted by Gasteiger charge is 2.12. The van der Waals surface area contributed by atoms with Crippen LogP contribution in [0.2, 0.25) is 5.15 Å². The second-order valence-corrected chi connectivity index (χ2v) is 21.8. The summed E-state index contributed by atoms with van der Waals surface area (Å²) in [6, 6.07) is 26.9. The number of carbonyl (C=O) groups excluding carboxylic acids is 2. The molecule has 0 saturated carbocycles. The maximum atomic E-state index is 11.4. The van der Waals surface area contributed by atoms with Gasteiger partial charge in [0.2, 0.25) is 0 Å². The molecule has 0 aromatic carbocycles. The lowest BCUT2D eigenvalue weighted by Gasteiger charge is -2.06. The van der Waals surface area contributed by atoms with E-state index in [2.05, 4.69) is 127 Å². The average molecular weight is 1520 g/mol. The second kappa shape index (κ2) is 51.2. The number of H-pyrrole nitrogens is 4. The van der Waals surface area contributed by atoms with Crippen molar-refractivity contribution in [3.05, 3.63) is 248 Å². The van der Waals surface area contributed by atoms with Crippen LogP contribution in [0.3, 0.4) is 0 Å². The zero-order valence-electron chi connectivity index (χ0n) is 54.5. The maximum Gasteiger partial charge on any atom is 0.341 e. The van der Waals surface area contributed by atoms with Gasteiger partial charge in [-0.25, -0.2) is 24.5 Å². The molecule has 0 atom stereocenters. The molecule has 0 saturated heterocycles. The van der Waals surface area contributed by atoms with Gasteiger partial charge in [0.05, 0.1) is 36.6 Å². The molecule has 0 aliphatic carbocycles. The zero-order chi connectivity index (χ0) is 68.2. The molecule has 0 fully saturated rings. The van der Waals surface area contributed by atoms with Crippen LogP contribution in [0.25, 0.3) is 0 Å². The molecule has 9 aromatic rings. The summed E-state index contributed by atoms with van der Waals surface area (Å²) in [7, 11) is 1.00. The van der Waals surface area contributed by atoms with Gasteiger partial charge in [-0.1, -0.05) is 110 Å². The first-order valence-corrected chi connectivity index (χ1v) is 33.2. The first-order valence-electron chi connectivity index (χ1n) is 29.3. The standard InChI is InChI=1S/2C13H15N3OS.C10H13NO2.C8H10BrN.C8H8ClNO2.C8H11NO.C5H6N2OS.CH4O.BrH.ClH/c2*1-3-11-10(5-4-6-14-11)8-18-13-15-9(2)7-12(17)16-13;1-3-9-8(6-5-7-11-9)10(12)13-4-2;1-2-8-7(6-9)4-3-5-10-8;1-2-12-8(11)6-4-3-5-10-7(6)9;1-2-8-7(6-10)4-3-5-9-8;1-3-2-4(8)7-5(9)6-3;1-2;;/h2*4-7H,3,8H2,1-2H3,(H,15,16,17);5-7H,3-4H2,1-2H3;3-5H,2,6H2,1H3;3-5H,2H2,1H3;3-5,10H,2,6H2,1H3;2H,1H3,(H2,6,7,8,9);2H,1H3;2*1H. The molecule has 0 unspecified atom stereocenters. The minimum absolute atomic E-state index is 0. The molecular formula is C66H84Br2Cl2N12O9S3. The summed E-state index contributed by atoms with van der Waals surface area (Å²) in [5.41, 5.74) is 12.6. The van der Waals surface area contributed by atoms with Crippen LogP contribution in [0.15, 0.2) is 153 Å². The average Bonchev–Trinajstić information content (AvgIpc) is 1.82. The first-order chi connectivity index (χ1) is 44.4. The van der Waals surface area contributed by atoms with Crippen LogP contribution < -0.4 is 16.7 Å². The molecule has 0 spiro atoms. The molecule has 9 heterocycles. The number of aromatic nitrogens is 12. The quantitative estimate of drug-likeness (QED) is 0.0123. The third-order valence-electron chi connectivity index (χ3n) is 11.9. The van der Waals surface area contributed by atoms with E-state index < -0.39 is 5.97 Å². The second-order valence-electron chi connectivity index (χ2n) is 18.5. The zero-order valence-corrected chi connectivity index (χ0v) is 61.9. The minimum atomic E-state index is -0.435. The molecule has 0 aliphatic heterocycles. The number of hydrogen-bond donors (Lipinski definition) is 6. The summed E-state index contributed by atoms with van der Waals surface area (Å²) >= 11 is 16.8. The Bertz CT molecular complexity index is 3660. The van der Waals surface area contributed by atoms with Crippen molar-refractivity contribution >= 4 is 105 Å². The SMILES string of the molecule is Br.CCOC(=O)c1cccnc1CC.CCOC(=O)c1cccnc1Cl.CCc1ncccc1CBr.CCc1ncccc1CO.CCc1ncccc1CSc1nc(C)cc(=O)[nH]1.CCc1ncccc1CSc1nc(C)cc(=O)[nH]1.CO.Cc1cc(=O)[nH]c(=S)[nH]1.Cl. The van der Waals surface area contributed by atoms with Crippen LogP contribution in [0.5, 0.6) is 0 Å². The van der Waals surface area contributed by atoms with Crippen LogP contribution in [0.1, 0.15) is 137 Å². The molecular weight excluding hydrogens is 1430 g/mol. The maximum absolute atomic E-state index is 11.4. The number of nitrogens with one attached hydrogen (secondary N) is 4. The van der Waals surface area contributed by atoms with Crippen molar-refractivity contribution in [1.82, 2.24) is 59.8 Å². The molecule has 0 radical (unpaired) electrons. The number of carbonyl (C=O) groups is 2. The molecule has 21 nitrogen and oxygen atoms in total. The van der Waals surface area contributed by atoms with E-state index in [0.717, 1.165) is 101 Å². The van der Waals surface area contributed by atoms with Crippen molar-refractivity contribution in [2.75, 3.05) is 20.3 Å². The summed E-state index contributed by atoms with van der Waals surface area (Å²) < 4.78 is 10.0. The van der Waals surface area contributed by atoms with E-state index in [1.807, 2.05) is 64.2 Å². The van der Waals surface area contributed by atoms with Crippen molar-refractivity contribution in [3.8, 4) is 0 Å². The molecule has 0 aliphatic rings. The minimum Gasteiger partial charge on any atom is -0.462 e. The summed E-state index contributed by atoms with van der Waals surface area (Å²) in [6.45, 7) is 20.1. The van der Waals surface area contributed by atoms with Gasteiger partial charge in [-0.2, -0.15) is 0 Å². The van der Waals surface area contributed by atoms with Crippen molar-refractivity contribution in [1.29, 1.82) is 0 Å². The van der Waals surface area contributed by atoms with E-state index in [9.17, 15) is 24.0 Å². The molecule has 28 heteroatoms. The summed E-state index contributed by atoms with van der Waals surface area (Å²) in [4.78, 5) is 99.8. The van der Waals surface area contributed by atoms with Crippen molar-refractivity contribution in [2.45, 2.75) is 135 Å². The number of rotatable bonds is 17. The first kappa shape index (κ1) is 86.9. The molecule has 9 aromatic heterocycles. The smallest absolute Gasteiger partial charge is 0.341 e. The predicted octanol–water partition coefficient (Wildman–Crippen LogP) is 13.4. The Morgan fingerprint density at radius 2 is 0.872 bits per heavy atom. The Morgan fingerprint density at radius 1 is 0.521 bits per heavy atom. The summed E-state index contributed by atoms with van der Waals surface area (Å²) in [5.74, 6) is 0.815. The molecule has 508 valence electrons. The summed E-state index contributed by atoms with van der Waals surface area (Å²) in [5, 5.41) is 18.2. The van der Waals surface area contributed by atoms with Gasteiger partial charge in [-0.05, 0) is 150 Å². The van der Waals surface area contributed by atoms with Gasteiger partial charge in [-0.15, -0.1) is 29.4 Å². The number of aliphatic hydroxyl groups excluding tert-OH is 2. The molecule has 94 heavy (non-hydrogen) atoms. The fourth-order valence-electron chi connectivity index (χ4n) is 7.67. The van der Waals surface area contributed by atoms with Crippen LogP contribution in [0.4, 0.5) is 0 Å². The topological polar surface area (TPSA) is 311 Å². The normalized spacial score (nSPS) is 9.65. The largest absolute Gasteiger partial charge is 0.462 e. The van der Waals surface area contributed by atoms with Gasteiger partial charge in [0, 0.05) is 119 Å². The third-order valence-corrected chi connectivity index (χ3v) is 14.8.